The molecule has 1 aliphatic carbocycles. The molecule has 15 heavy (non-hydrogen) atoms. The standard InChI is InChI=1S/C12H13NO2/c1-2-15-9-10-5-3-4-6-11(10)12(14)7-8-13/h3-6,9,11H,2,7H2,1H3. The average molecular weight is 203 g/mol. The summed E-state index contributed by atoms with van der Waals surface area (Å²) in [6.07, 6.45) is 8.79. The first-order chi connectivity index (χ1) is 7.29. The number of nitriles is 1. The van der Waals surface area contributed by atoms with Gasteiger partial charge in [-0.25, -0.2) is 0 Å². The van der Waals surface area contributed by atoms with Crippen molar-refractivity contribution in [1.29, 1.82) is 5.26 Å². The monoisotopic (exact) mass is 203 g/mol. The summed E-state index contributed by atoms with van der Waals surface area (Å²) in [5.41, 5.74) is 0.805. The van der Waals surface area contributed by atoms with Crippen molar-refractivity contribution < 1.29 is 9.53 Å². The number of hydrogen-bond donors (Lipinski definition) is 0. The lowest BCUT2D eigenvalue weighted by Crippen LogP contribution is -2.14. The first kappa shape index (κ1) is 11.3. The van der Waals surface area contributed by atoms with Gasteiger partial charge in [0.05, 0.1) is 31.3 Å². The van der Waals surface area contributed by atoms with E-state index in [2.05, 4.69) is 0 Å². The van der Waals surface area contributed by atoms with Gasteiger partial charge < -0.3 is 4.74 Å². The summed E-state index contributed by atoms with van der Waals surface area (Å²) >= 11 is 0. The maximum atomic E-state index is 11.6. The molecule has 0 radical (unpaired) electrons. The highest BCUT2D eigenvalue weighted by molar-refractivity contribution is 5.88. The summed E-state index contributed by atoms with van der Waals surface area (Å²) in [5, 5.41) is 8.47. The Bertz CT molecular complexity index is 358. The van der Waals surface area contributed by atoms with Gasteiger partial charge in [0.15, 0.2) is 5.78 Å². The van der Waals surface area contributed by atoms with Crippen LogP contribution in [0.2, 0.25) is 0 Å². The molecule has 0 fully saturated rings. The van der Waals surface area contributed by atoms with Crippen LogP contribution in [-0.2, 0) is 9.53 Å². The predicted octanol–water partition coefficient (Wildman–Crippen LogP) is 2.13. The molecule has 0 aliphatic heterocycles. The Labute approximate surface area is 89.3 Å². The molecule has 1 unspecified atom stereocenters. The molecule has 0 saturated heterocycles. The fourth-order valence-corrected chi connectivity index (χ4v) is 1.33. The van der Waals surface area contributed by atoms with Crippen LogP contribution in [0, 0.1) is 17.2 Å². The smallest absolute Gasteiger partial charge is 0.158 e. The fourth-order valence-electron chi connectivity index (χ4n) is 1.33. The zero-order chi connectivity index (χ0) is 11.1. The number of nitrogens with zero attached hydrogens (tertiary/aromatic N) is 1. The Morgan fingerprint density at radius 1 is 1.67 bits per heavy atom. The van der Waals surface area contributed by atoms with Crippen LogP contribution in [-0.4, -0.2) is 12.4 Å². The first-order valence-corrected chi connectivity index (χ1v) is 4.85. The molecule has 0 spiro atoms. The second-order valence-electron chi connectivity index (χ2n) is 3.10. The lowest BCUT2D eigenvalue weighted by molar-refractivity contribution is -0.119. The van der Waals surface area contributed by atoms with Gasteiger partial charge in [-0.1, -0.05) is 24.3 Å². The molecular formula is C12H13NO2. The molecule has 1 atom stereocenters. The lowest BCUT2D eigenvalue weighted by Gasteiger charge is -2.14. The summed E-state index contributed by atoms with van der Waals surface area (Å²) in [4.78, 5) is 11.6. The quantitative estimate of drug-likeness (QED) is 0.657. The Kier molecular flexibility index (Phi) is 4.36. The third kappa shape index (κ3) is 3.10. The Hall–Kier alpha value is -1.82. The van der Waals surface area contributed by atoms with Crippen molar-refractivity contribution >= 4 is 5.78 Å². The molecule has 0 aromatic carbocycles. The predicted molar refractivity (Wildman–Crippen MR) is 56.7 cm³/mol. The number of ketones is 1. The van der Waals surface area contributed by atoms with E-state index in [4.69, 9.17) is 10.00 Å². The lowest BCUT2D eigenvalue weighted by atomic mass is 9.90. The molecule has 1 aliphatic rings. The van der Waals surface area contributed by atoms with E-state index in [0.29, 0.717) is 6.61 Å². The molecule has 0 bridgehead atoms. The van der Waals surface area contributed by atoms with Crippen LogP contribution in [0.1, 0.15) is 13.3 Å². The molecule has 3 heteroatoms. The highest BCUT2D eigenvalue weighted by Gasteiger charge is 2.19. The zero-order valence-electron chi connectivity index (χ0n) is 8.64. The highest BCUT2D eigenvalue weighted by atomic mass is 16.5. The van der Waals surface area contributed by atoms with Crippen molar-refractivity contribution in [2.24, 2.45) is 5.92 Å². The van der Waals surface area contributed by atoms with Gasteiger partial charge in [0.1, 0.15) is 0 Å². The number of rotatable bonds is 4. The first-order valence-electron chi connectivity index (χ1n) is 4.85. The van der Waals surface area contributed by atoms with Crippen molar-refractivity contribution in [3.8, 4) is 6.07 Å². The van der Waals surface area contributed by atoms with Gasteiger partial charge in [-0.2, -0.15) is 5.26 Å². The Morgan fingerprint density at radius 2 is 2.47 bits per heavy atom. The van der Waals surface area contributed by atoms with Gasteiger partial charge in [-0.3, -0.25) is 4.79 Å². The molecule has 0 aromatic rings. The summed E-state index contributed by atoms with van der Waals surface area (Å²) in [5.74, 6) is -0.426. The second kappa shape index (κ2) is 5.82. The van der Waals surface area contributed by atoms with E-state index in [9.17, 15) is 4.79 Å². The normalized spacial score (nSPS) is 21.3. The minimum Gasteiger partial charge on any atom is -0.501 e. The molecule has 3 nitrogen and oxygen atoms in total. The van der Waals surface area contributed by atoms with Gasteiger partial charge in [-0.05, 0) is 6.92 Å². The third-order valence-corrected chi connectivity index (χ3v) is 2.05. The van der Waals surface area contributed by atoms with Crippen molar-refractivity contribution in [3.05, 3.63) is 36.1 Å². The van der Waals surface area contributed by atoms with Crippen molar-refractivity contribution in [2.45, 2.75) is 13.3 Å². The van der Waals surface area contributed by atoms with Crippen molar-refractivity contribution in [3.63, 3.8) is 0 Å². The number of carbonyl (C=O) groups is 1. The van der Waals surface area contributed by atoms with E-state index in [1.807, 2.05) is 31.2 Å². The van der Waals surface area contributed by atoms with Crippen LogP contribution in [0.25, 0.3) is 0 Å². The molecule has 0 saturated carbocycles. The molecule has 0 heterocycles. The number of allylic oxidation sites excluding steroid dienone is 5. The minimum absolute atomic E-state index is 0.0632. The fraction of sp³-hybridized carbons (Fsp3) is 0.333. The van der Waals surface area contributed by atoms with Crippen molar-refractivity contribution in [1.82, 2.24) is 0 Å². The molecule has 0 amide bonds. The van der Waals surface area contributed by atoms with E-state index in [0.717, 1.165) is 5.57 Å². The Morgan fingerprint density at radius 3 is 3.13 bits per heavy atom. The van der Waals surface area contributed by atoms with Gasteiger partial charge in [0.25, 0.3) is 0 Å². The van der Waals surface area contributed by atoms with E-state index in [1.54, 1.807) is 12.3 Å². The summed E-state index contributed by atoms with van der Waals surface area (Å²) in [6, 6.07) is 1.87. The second-order valence-corrected chi connectivity index (χ2v) is 3.10. The largest absolute Gasteiger partial charge is 0.501 e. The number of ether oxygens (including phenoxy) is 1. The number of hydrogen-bond acceptors (Lipinski definition) is 3. The van der Waals surface area contributed by atoms with Crippen LogP contribution in [0.15, 0.2) is 36.1 Å². The van der Waals surface area contributed by atoms with E-state index >= 15 is 0 Å². The molecule has 78 valence electrons. The topological polar surface area (TPSA) is 50.1 Å². The van der Waals surface area contributed by atoms with Crippen LogP contribution >= 0.6 is 0 Å². The zero-order valence-corrected chi connectivity index (χ0v) is 8.64. The van der Waals surface area contributed by atoms with Gasteiger partial charge in [0, 0.05) is 5.57 Å². The van der Waals surface area contributed by atoms with E-state index in [-0.39, 0.29) is 18.1 Å². The van der Waals surface area contributed by atoms with Crippen LogP contribution in [0.4, 0.5) is 0 Å². The molecule has 1 rings (SSSR count). The SMILES string of the molecule is CCOC=C1C=CC=CC1C(=O)CC#N. The van der Waals surface area contributed by atoms with Crippen LogP contribution in [0.3, 0.4) is 0 Å². The van der Waals surface area contributed by atoms with E-state index in [1.165, 1.54) is 0 Å². The summed E-state index contributed by atoms with van der Waals surface area (Å²) in [6.45, 7) is 2.45. The van der Waals surface area contributed by atoms with Gasteiger partial charge >= 0.3 is 0 Å². The minimum atomic E-state index is -0.332. The van der Waals surface area contributed by atoms with Crippen molar-refractivity contribution in [2.75, 3.05) is 6.61 Å². The number of Topliss-reactive ketones (excluding diaryl/α,β-unsaturated/α-hetero) is 1. The molecular weight excluding hydrogens is 190 g/mol. The Balaban J connectivity index is 2.77. The average Bonchev–Trinajstić information content (AvgIpc) is 2.27. The summed E-state index contributed by atoms with van der Waals surface area (Å²) < 4.78 is 5.15. The van der Waals surface area contributed by atoms with E-state index < -0.39 is 0 Å². The maximum absolute atomic E-state index is 11.6. The number of carbonyl (C=O) groups excluding carboxylic acids is 1. The molecule has 0 N–H and O–H groups in total. The maximum Gasteiger partial charge on any atom is 0.158 e. The molecule has 0 aromatic heterocycles. The highest BCUT2D eigenvalue weighted by Crippen LogP contribution is 2.20. The van der Waals surface area contributed by atoms with Gasteiger partial charge in [0.2, 0.25) is 0 Å². The van der Waals surface area contributed by atoms with Crippen LogP contribution < -0.4 is 0 Å². The van der Waals surface area contributed by atoms with Crippen LogP contribution in [0.5, 0.6) is 0 Å². The van der Waals surface area contributed by atoms with Gasteiger partial charge in [-0.15, -0.1) is 0 Å². The summed E-state index contributed by atoms with van der Waals surface area (Å²) in [7, 11) is 0. The third-order valence-electron chi connectivity index (χ3n) is 2.05.